The number of carbonyl (C=O) groups is 2. The molecule has 1 unspecified atom stereocenters. The quantitative estimate of drug-likeness (QED) is 0.304. The minimum atomic E-state index is -0.866. The monoisotopic (exact) mass is 457 g/mol. The number of hydrogen-bond acceptors (Lipinski definition) is 5. The van der Waals surface area contributed by atoms with Crippen molar-refractivity contribution in [3.63, 3.8) is 0 Å². The van der Waals surface area contributed by atoms with Crippen molar-refractivity contribution >= 4 is 23.1 Å². The number of hydrogen-bond donors (Lipinski definition) is 1. The Hall–Kier alpha value is -4.06. The molecule has 3 aromatic carbocycles. The lowest BCUT2D eigenvalue weighted by Crippen LogP contribution is -2.29. The molecule has 1 saturated heterocycles. The van der Waals surface area contributed by atoms with E-state index >= 15 is 0 Å². The molecule has 6 heteroatoms. The van der Waals surface area contributed by atoms with Gasteiger partial charge in [0.15, 0.2) is 0 Å². The Morgan fingerprint density at radius 3 is 2.21 bits per heavy atom. The van der Waals surface area contributed by atoms with E-state index in [0.717, 1.165) is 5.56 Å². The third-order valence-electron chi connectivity index (χ3n) is 5.69. The van der Waals surface area contributed by atoms with Crippen molar-refractivity contribution in [2.75, 3.05) is 12.0 Å². The molecule has 1 N–H and O–H groups in total. The number of methoxy groups -OCH3 is 1. The number of aryl methyl sites for hydroxylation is 1. The predicted molar refractivity (Wildman–Crippen MR) is 131 cm³/mol. The van der Waals surface area contributed by atoms with E-state index in [4.69, 9.17) is 9.47 Å². The third-order valence-corrected chi connectivity index (χ3v) is 5.69. The Balaban J connectivity index is 1.90. The van der Waals surface area contributed by atoms with E-state index in [9.17, 15) is 14.7 Å². The molecule has 1 amide bonds. The van der Waals surface area contributed by atoms with Crippen molar-refractivity contribution in [3.05, 3.63) is 95.1 Å². The number of nitrogens with zero attached hydrogens (tertiary/aromatic N) is 1. The first-order chi connectivity index (χ1) is 16.3. The Kier molecular flexibility index (Phi) is 6.41. The van der Waals surface area contributed by atoms with Crippen LogP contribution < -0.4 is 14.4 Å². The summed E-state index contributed by atoms with van der Waals surface area (Å²) in [4.78, 5) is 28.0. The van der Waals surface area contributed by atoms with Gasteiger partial charge in [-0.2, -0.15) is 0 Å². The van der Waals surface area contributed by atoms with Gasteiger partial charge < -0.3 is 14.6 Å². The zero-order valence-electron chi connectivity index (χ0n) is 19.6. The average molecular weight is 458 g/mol. The standard InChI is InChI=1S/C28H27NO5/c1-17(2)34-21-15-13-20(14-16-21)29-25(22-7-5-6-8-23(22)33-4)24(27(31)28(29)32)26(30)19-11-9-18(3)10-12-19/h5-17,25,30H,1-4H3/b26-24-. The summed E-state index contributed by atoms with van der Waals surface area (Å²) in [5, 5.41) is 11.2. The number of aliphatic hydroxyl groups excluding tert-OH is 1. The van der Waals surface area contributed by atoms with Crippen LogP contribution in [0.1, 0.15) is 36.6 Å². The van der Waals surface area contributed by atoms with Gasteiger partial charge in [0.2, 0.25) is 0 Å². The molecule has 1 aliphatic heterocycles. The van der Waals surface area contributed by atoms with Crippen molar-refractivity contribution in [3.8, 4) is 11.5 Å². The van der Waals surface area contributed by atoms with Crippen molar-refractivity contribution in [1.82, 2.24) is 0 Å². The highest BCUT2D eigenvalue weighted by atomic mass is 16.5. The molecular formula is C28H27NO5. The summed E-state index contributed by atoms with van der Waals surface area (Å²) in [6.07, 6.45) is 0.00293. The van der Waals surface area contributed by atoms with Crippen molar-refractivity contribution in [1.29, 1.82) is 0 Å². The third kappa shape index (κ3) is 4.27. The maximum absolute atomic E-state index is 13.3. The van der Waals surface area contributed by atoms with Gasteiger partial charge in [-0.3, -0.25) is 14.5 Å². The van der Waals surface area contributed by atoms with Crippen LogP contribution in [0.2, 0.25) is 0 Å². The molecule has 0 bridgehead atoms. The average Bonchev–Trinajstić information content (AvgIpc) is 3.09. The fourth-order valence-electron chi connectivity index (χ4n) is 4.11. The number of carbonyl (C=O) groups excluding carboxylic acids is 2. The van der Waals surface area contributed by atoms with E-state index in [1.54, 1.807) is 48.5 Å². The molecule has 6 nitrogen and oxygen atoms in total. The van der Waals surface area contributed by atoms with Crippen LogP contribution >= 0.6 is 0 Å². The topological polar surface area (TPSA) is 76.1 Å². The van der Waals surface area contributed by atoms with E-state index in [-0.39, 0.29) is 17.4 Å². The van der Waals surface area contributed by atoms with Gasteiger partial charge in [0.05, 0.1) is 24.8 Å². The maximum atomic E-state index is 13.3. The van der Waals surface area contributed by atoms with Crippen LogP contribution in [0.25, 0.3) is 5.76 Å². The molecule has 1 heterocycles. The molecule has 0 saturated carbocycles. The lowest BCUT2D eigenvalue weighted by atomic mass is 9.94. The van der Waals surface area contributed by atoms with Crippen molar-refractivity contribution in [2.24, 2.45) is 0 Å². The number of benzene rings is 3. The summed E-state index contributed by atoms with van der Waals surface area (Å²) in [6.45, 7) is 5.79. The van der Waals surface area contributed by atoms with E-state index in [1.165, 1.54) is 12.0 Å². The Morgan fingerprint density at radius 2 is 1.59 bits per heavy atom. The summed E-state index contributed by atoms with van der Waals surface area (Å²) in [7, 11) is 1.53. The van der Waals surface area contributed by atoms with Gasteiger partial charge in [-0.05, 0) is 51.1 Å². The van der Waals surface area contributed by atoms with Gasteiger partial charge in [-0.15, -0.1) is 0 Å². The number of amides is 1. The van der Waals surface area contributed by atoms with E-state index < -0.39 is 17.7 Å². The molecule has 1 atom stereocenters. The normalized spacial score (nSPS) is 17.3. The fourth-order valence-corrected chi connectivity index (χ4v) is 4.11. The lowest BCUT2D eigenvalue weighted by Gasteiger charge is -2.27. The summed E-state index contributed by atoms with van der Waals surface area (Å²) in [5.74, 6) is -0.534. The summed E-state index contributed by atoms with van der Waals surface area (Å²) in [5.41, 5.74) is 2.60. The highest BCUT2D eigenvalue weighted by Gasteiger charge is 2.47. The second-order valence-electron chi connectivity index (χ2n) is 8.44. The van der Waals surface area contributed by atoms with E-state index in [0.29, 0.717) is 28.3 Å². The van der Waals surface area contributed by atoms with Crippen molar-refractivity contribution < 1.29 is 24.2 Å². The first-order valence-corrected chi connectivity index (χ1v) is 11.1. The molecule has 0 aromatic heterocycles. The number of anilines is 1. The van der Waals surface area contributed by atoms with Crippen LogP contribution in [0.4, 0.5) is 5.69 Å². The Labute approximate surface area is 199 Å². The zero-order valence-corrected chi connectivity index (χ0v) is 19.6. The SMILES string of the molecule is COc1ccccc1C1/C(=C(/O)c2ccc(C)cc2)C(=O)C(=O)N1c1ccc(OC(C)C)cc1. The number of para-hydroxylation sites is 1. The minimum absolute atomic E-state index is 0.00293. The van der Waals surface area contributed by atoms with Crippen LogP contribution in [-0.2, 0) is 9.59 Å². The van der Waals surface area contributed by atoms with Gasteiger partial charge in [-0.25, -0.2) is 0 Å². The van der Waals surface area contributed by atoms with E-state index in [1.807, 2.05) is 45.0 Å². The van der Waals surface area contributed by atoms with Crippen LogP contribution in [0.15, 0.2) is 78.4 Å². The van der Waals surface area contributed by atoms with Crippen LogP contribution in [0.3, 0.4) is 0 Å². The van der Waals surface area contributed by atoms with Crippen LogP contribution in [0, 0.1) is 6.92 Å². The zero-order chi connectivity index (χ0) is 24.4. The summed E-state index contributed by atoms with van der Waals surface area (Å²) >= 11 is 0. The molecule has 174 valence electrons. The van der Waals surface area contributed by atoms with Crippen LogP contribution in [-0.4, -0.2) is 30.0 Å². The number of ketones is 1. The number of aliphatic hydroxyl groups is 1. The smallest absolute Gasteiger partial charge is 0.300 e. The van der Waals surface area contributed by atoms with Crippen LogP contribution in [0.5, 0.6) is 11.5 Å². The second-order valence-corrected chi connectivity index (χ2v) is 8.44. The molecule has 1 aliphatic rings. The molecular weight excluding hydrogens is 430 g/mol. The fraction of sp³-hybridized carbons (Fsp3) is 0.214. The minimum Gasteiger partial charge on any atom is -0.507 e. The second kappa shape index (κ2) is 9.43. The number of rotatable bonds is 6. The molecule has 34 heavy (non-hydrogen) atoms. The Bertz CT molecular complexity index is 1240. The van der Waals surface area contributed by atoms with Gasteiger partial charge in [0.25, 0.3) is 11.7 Å². The largest absolute Gasteiger partial charge is 0.507 e. The highest BCUT2D eigenvalue weighted by molar-refractivity contribution is 6.51. The predicted octanol–water partition coefficient (Wildman–Crippen LogP) is 5.42. The number of Topliss-reactive ketones (excluding diaryl/α,β-unsaturated/α-hetero) is 1. The molecule has 0 aliphatic carbocycles. The van der Waals surface area contributed by atoms with Gasteiger partial charge in [0.1, 0.15) is 17.3 Å². The molecule has 0 radical (unpaired) electrons. The first kappa shape index (κ1) is 23.1. The Morgan fingerprint density at radius 1 is 0.941 bits per heavy atom. The molecule has 0 spiro atoms. The van der Waals surface area contributed by atoms with Gasteiger partial charge in [0, 0.05) is 16.8 Å². The van der Waals surface area contributed by atoms with Gasteiger partial charge >= 0.3 is 0 Å². The van der Waals surface area contributed by atoms with E-state index in [2.05, 4.69) is 0 Å². The summed E-state index contributed by atoms with van der Waals surface area (Å²) < 4.78 is 11.3. The number of ether oxygens (including phenoxy) is 2. The maximum Gasteiger partial charge on any atom is 0.300 e. The van der Waals surface area contributed by atoms with Crippen molar-refractivity contribution in [2.45, 2.75) is 32.9 Å². The molecule has 4 rings (SSSR count). The highest BCUT2D eigenvalue weighted by Crippen LogP contribution is 2.45. The summed E-state index contributed by atoms with van der Waals surface area (Å²) in [6, 6.07) is 20.4. The molecule has 1 fully saturated rings. The lowest BCUT2D eigenvalue weighted by molar-refractivity contribution is -0.132. The van der Waals surface area contributed by atoms with Gasteiger partial charge in [-0.1, -0.05) is 48.0 Å². The first-order valence-electron chi connectivity index (χ1n) is 11.1. The molecule has 3 aromatic rings.